The van der Waals surface area contributed by atoms with Gasteiger partial charge >= 0.3 is 0 Å². The molecule has 2 nitrogen and oxygen atoms in total. The third kappa shape index (κ3) is 4.56. The fraction of sp³-hybridized carbons (Fsp3) is 0.0204. The molecule has 1 aliphatic rings. The van der Waals surface area contributed by atoms with E-state index in [1.165, 1.54) is 75.4 Å². The summed E-state index contributed by atoms with van der Waals surface area (Å²) in [5.74, 6) is 0. The van der Waals surface area contributed by atoms with E-state index in [4.69, 9.17) is 0 Å². The van der Waals surface area contributed by atoms with E-state index in [9.17, 15) is 0 Å². The number of aromatic nitrogens is 1. The predicted octanol–water partition coefficient (Wildman–Crippen LogP) is 13.9. The molecule has 0 saturated carbocycles. The van der Waals surface area contributed by atoms with E-state index in [-0.39, 0.29) is 0 Å². The average molecular weight is 681 g/mol. The third-order valence-electron chi connectivity index (χ3n) is 10.8. The lowest BCUT2D eigenvalue weighted by Gasteiger charge is -2.26. The summed E-state index contributed by atoms with van der Waals surface area (Å²) in [5, 5.41) is 5.17. The smallest absolute Gasteiger partial charge is 0.0561 e. The van der Waals surface area contributed by atoms with Crippen LogP contribution in [0.5, 0.6) is 0 Å². The monoisotopic (exact) mass is 680 g/mol. The number of thiophene rings is 1. The second kappa shape index (κ2) is 11.6. The number of para-hydroxylation sites is 2. The Balaban J connectivity index is 1.07. The maximum absolute atomic E-state index is 2.43. The molecule has 11 rings (SSSR count). The molecule has 1 aliphatic carbocycles. The van der Waals surface area contributed by atoms with Crippen LogP contribution < -0.4 is 4.90 Å². The molecule has 0 amide bonds. The molecule has 0 bridgehead atoms. The summed E-state index contributed by atoms with van der Waals surface area (Å²) in [6, 6.07) is 67.0. The van der Waals surface area contributed by atoms with Crippen molar-refractivity contribution in [3.05, 3.63) is 193 Å². The number of fused-ring (bicyclic) bond motifs is 9. The Morgan fingerprint density at radius 2 is 1.04 bits per heavy atom. The quantitative estimate of drug-likeness (QED) is 0.176. The highest BCUT2D eigenvalue weighted by atomic mass is 32.1. The first-order chi connectivity index (χ1) is 25.8. The maximum atomic E-state index is 2.43. The van der Waals surface area contributed by atoms with Crippen molar-refractivity contribution in [3.8, 4) is 27.9 Å². The zero-order valence-corrected chi connectivity index (χ0v) is 29.1. The Bertz CT molecular complexity index is 2990. The molecule has 0 spiro atoms. The largest absolute Gasteiger partial charge is 0.310 e. The Kier molecular flexibility index (Phi) is 6.52. The summed E-state index contributed by atoms with van der Waals surface area (Å²) >= 11 is 1.87. The Morgan fingerprint density at radius 3 is 1.94 bits per heavy atom. The maximum Gasteiger partial charge on any atom is 0.0561 e. The second-order valence-corrected chi connectivity index (χ2v) is 14.8. The van der Waals surface area contributed by atoms with Crippen LogP contribution in [0.25, 0.3) is 69.9 Å². The van der Waals surface area contributed by atoms with Gasteiger partial charge in [-0.25, -0.2) is 0 Å². The van der Waals surface area contributed by atoms with Crippen molar-refractivity contribution < 1.29 is 0 Å². The van der Waals surface area contributed by atoms with Crippen LogP contribution in [-0.4, -0.2) is 4.57 Å². The molecule has 3 heteroatoms. The molecule has 0 N–H and O–H groups in total. The molecule has 2 heterocycles. The van der Waals surface area contributed by atoms with Gasteiger partial charge in [0.1, 0.15) is 0 Å². The van der Waals surface area contributed by atoms with Crippen molar-refractivity contribution >= 4 is 70.4 Å². The lowest BCUT2D eigenvalue weighted by Crippen LogP contribution is -2.10. The number of anilines is 3. The minimum absolute atomic E-state index is 0.952. The predicted molar refractivity (Wildman–Crippen MR) is 222 cm³/mol. The molecule has 0 radical (unpaired) electrons. The van der Waals surface area contributed by atoms with Gasteiger partial charge in [-0.2, -0.15) is 0 Å². The van der Waals surface area contributed by atoms with Gasteiger partial charge in [-0.15, -0.1) is 11.3 Å². The summed E-state index contributed by atoms with van der Waals surface area (Å²) in [4.78, 5) is 2.43. The fourth-order valence-corrected chi connectivity index (χ4v) is 9.52. The van der Waals surface area contributed by atoms with Crippen LogP contribution in [0.15, 0.2) is 182 Å². The SMILES string of the molecule is c1ccc(-n2c3ccccc3c3ccc(N(c4ccc(-c5ccc6c(c5)sc5ccccc56)cc4)c4ccc5c(c4)Cc4ccccc4-5)cc32)cc1. The standard InChI is InChI=1S/C49H32N2S/c1-2-11-36(12-3-1)51-46-16-8-6-14-42(46)43-27-24-39(31-47(43)51)50(38-23-26-41-35(29-38)28-34-10-4-5-13-40(34)41)37-21-18-32(19-22-37)33-20-25-45-44-15-7-9-17-48(44)52-49(45)30-33/h1-27,29-31H,28H2. The summed E-state index contributed by atoms with van der Waals surface area (Å²) in [6.45, 7) is 0. The number of hydrogen-bond donors (Lipinski definition) is 0. The van der Waals surface area contributed by atoms with Crippen molar-refractivity contribution in [1.82, 2.24) is 4.57 Å². The van der Waals surface area contributed by atoms with Crippen LogP contribution in [0.1, 0.15) is 11.1 Å². The number of rotatable bonds is 5. The molecule has 8 aromatic carbocycles. The lowest BCUT2D eigenvalue weighted by molar-refractivity contribution is 1.18. The normalized spacial score (nSPS) is 12.2. The van der Waals surface area contributed by atoms with Gasteiger partial charge in [0.05, 0.1) is 11.0 Å². The first-order valence-corrected chi connectivity index (χ1v) is 18.7. The van der Waals surface area contributed by atoms with E-state index in [0.717, 1.165) is 29.2 Å². The first-order valence-electron chi connectivity index (χ1n) is 17.9. The van der Waals surface area contributed by atoms with Crippen molar-refractivity contribution in [1.29, 1.82) is 0 Å². The van der Waals surface area contributed by atoms with Crippen LogP contribution in [-0.2, 0) is 6.42 Å². The Morgan fingerprint density at radius 1 is 0.404 bits per heavy atom. The van der Waals surface area contributed by atoms with E-state index < -0.39 is 0 Å². The van der Waals surface area contributed by atoms with E-state index in [0.29, 0.717) is 0 Å². The van der Waals surface area contributed by atoms with Crippen LogP contribution >= 0.6 is 11.3 Å². The van der Waals surface area contributed by atoms with Crippen molar-refractivity contribution in [2.75, 3.05) is 4.90 Å². The molecule has 10 aromatic rings. The van der Waals surface area contributed by atoms with Crippen molar-refractivity contribution in [2.45, 2.75) is 6.42 Å². The zero-order valence-electron chi connectivity index (χ0n) is 28.3. The average Bonchev–Trinajstić information content (AvgIpc) is 3.87. The summed E-state index contributed by atoms with van der Waals surface area (Å²) in [7, 11) is 0. The van der Waals surface area contributed by atoms with E-state index >= 15 is 0 Å². The molecule has 244 valence electrons. The van der Waals surface area contributed by atoms with Crippen molar-refractivity contribution in [2.24, 2.45) is 0 Å². The number of nitrogens with zero attached hydrogens (tertiary/aromatic N) is 2. The molecule has 52 heavy (non-hydrogen) atoms. The summed E-state index contributed by atoms with van der Waals surface area (Å²) in [6.07, 6.45) is 0.952. The van der Waals surface area contributed by atoms with Crippen LogP contribution in [0.3, 0.4) is 0 Å². The first kappa shape index (κ1) is 29.3. The molecule has 2 aromatic heterocycles. The summed E-state index contributed by atoms with van der Waals surface area (Å²) in [5.41, 5.74) is 14.9. The number of hydrogen-bond acceptors (Lipinski definition) is 2. The van der Waals surface area contributed by atoms with Gasteiger partial charge in [0, 0.05) is 53.7 Å². The molecule has 0 aliphatic heterocycles. The molecule has 0 atom stereocenters. The highest BCUT2D eigenvalue weighted by Crippen LogP contribution is 2.44. The lowest BCUT2D eigenvalue weighted by atomic mass is 10.0. The van der Waals surface area contributed by atoms with E-state index in [1.54, 1.807) is 0 Å². The van der Waals surface area contributed by atoms with Crippen LogP contribution in [0.2, 0.25) is 0 Å². The molecule has 0 saturated heterocycles. The van der Waals surface area contributed by atoms with Gasteiger partial charge in [0.2, 0.25) is 0 Å². The zero-order chi connectivity index (χ0) is 34.2. The van der Waals surface area contributed by atoms with Gasteiger partial charge in [-0.3, -0.25) is 0 Å². The van der Waals surface area contributed by atoms with E-state index in [2.05, 4.69) is 191 Å². The van der Waals surface area contributed by atoms with Crippen molar-refractivity contribution in [3.63, 3.8) is 0 Å². The topological polar surface area (TPSA) is 8.17 Å². The van der Waals surface area contributed by atoms with Gasteiger partial charge in [-0.05, 0) is 107 Å². The molecular formula is C49H32N2S. The molecular weight excluding hydrogens is 649 g/mol. The van der Waals surface area contributed by atoms with Gasteiger partial charge in [-0.1, -0.05) is 115 Å². The minimum atomic E-state index is 0.952. The Labute approximate surface area is 306 Å². The second-order valence-electron chi connectivity index (χ2n) is 13.8. The third-order valence-corrected chi connectivity index (χ3v) is 11.9. The Hall–Kier alpha value is -6.42. The highest BCUT2D eigenvalue weighted by Gasteiger charge is 2.22. The van der Waals surface area contributed by atoms with Gasteiger partial charge in [0.25, 0.3) is 0 Å². The van der Waals surface area contributed by atoms with Crippen LogP contribution in [0.4, 0.5) is 17.1 Å². The molecule has 0 unspecified atom stereocenters. The van der Waals surface area contributed by atoms with Gasteiger partial charge < -0.3 is 9.47 Å². The highest BCUT2D eigenvalue weighted by molar-refractivity contribution is 7.25. The molecule has 0 fully saturated rings. The summed E-state index contributed by atoms with van der Waals surface area (Å²) < 4.78 is 5.06. The minimum Gasteiger partial charge on any atom is -0.310 e. The number of benzene rings is 8. The fourth-order valence-electron chi connectivity index (χ4n) is 8.38. The van der Waals surface area contributed by atoms with E-state index in [1.807, 2.05) is 11.3 Å². The van der Waals surface area contributed by atoms with Crippen LogP contribution in [0, 0.1) is 0 Å². The van der Waals surface area contributed by atoms with Gasteiger partial charge in [0.15, 0.2) is 0 Å².